The van der Waals surface area contributed by atoms with E-state index in [0.29, 0.717) is 12.2 Å². The largest absolute Gasteiger partial charge is 0.497 e. The van der Waals surface area contributed by atoms with Gasteiger partial charge in [0, 0.05) is 11.1 Å². The number of rotatable bonds is 10. The molecule has 0 heterocycles. The van der Waals surface area contributed by atoms with E-state index >= 15 is 0 Å². The molecule has 0 bridgehead atoms. The van der Waals surface area contributed by atoms with Gasteiger partial charge in [-0.1, -0.05) is 36.4 Å². The van der Waals surface area contributed by atoms with Gasteiger partial charge in [0.05, 0.1) is 14.2 Å². The summed E-state index contributed by atoms with van der Waals surface area (Å²) in [6, 6.07) is 20.7. The number of carbonyl (C=O) groups is 1. The number of methoxy groups -OCH3 is 2. The van der Waals surface area contributed by atoms with E-state index in [4.69, 9.17) is 14.2 Å². The van der Waals surface area contributed by atoms with Crippen LogP contribution in [0.3, 0.4) is 0 Å². The molecule has 0 saturated carbocycles. The second-order valence-electron chi connectivity index (χ2n) is 6.89. The highest BCUT2D eigenvalue weighted by atomic mass is 16.5. The molecule has 0 spiro atoms. The zero-order valence-electron chi connectivity index (χ0n) is 17.8. The molecule has 31 heavy (non-hydrogen) atoms. The fourth-order valence-corrected chi connectivity index (χ4v) is 3.16. The van der Waals surface area contributed by atoms with Crippen LogP contribution < -0.4 is 14.2 Å². The standard InChI is InChI=1S/C27H26O4/c1-4-7-22-8-5-6-9-27(22)31-19-23-18-20(11-17-26(23)30-3)10-16-25(28)21-12-14-24(29-2)15-13-21/h4-6,8-18H,1,7,19H2,2-3H3/b16-10+. The zero-order valence-corrected chi connectivity index (χ0v) is 17.8. The molecule has 0 aliphatic rings. The summed E-state index contributed by atoms with van der Waals surface area (Å²) < 4.78 is 16.7. The Balaban J connectivity index is 1.74. The van der Waals surface area contributed by atoms with E-state index < -0.39 is 0 Å². The van der Waals surface area contributed by atoms with E-state index in [-0.39, 0.29) is 5.78 Å². The van der Waals surface area contributed by atoms with Crippen LogP contribution in [-0.2, 0) is 13.0 Å². The van der Waals surface area contributed by atoms with Crippen molar-refractivity contribution in [3.63, 3.8) is 0 Å². The van der Waals surface area contributed by atoms with Crippen molar-refractivity contribution in [2.24, 2.45) is 0 Å². The molecule has 0 N–H and O–H groups in total. The molecule has 0 aliphatic heterocycles. The number of benzene rings is 3. The molecule has 0 aromatic heterocycles. The van der Waals surface area contributed by atoms with Crippen LogP contribution in [-0.4, -0.2) is 20.0 Å². The van der Waals surface area contributed by atoms with Gasteiger partial charge in [-0.3, -0.25) is 4.79 Å². The molecular weight excluding hydrogens is 388 g/mol. The molecule has 0 fully saturated rings. The first-order valence-corrected chi connectivity index (χ1v) is 9.99. The summed E-state index contributed by atoms with van der Waals surface area (Å²) >= 11 is 0. The molecular formula is C27H26O4. The highest BCUT2D eigenvalue weighted by Gasteiger charge is 2.08. The molecule has 3 aromatic rings. The van der Waals surface area contributed by atoms with Crippen molar-refractivity contribution in [3.8, 4) is 17.2 Å². The molecule has 0 unspecified atom stereocenters. The summed E-state index contributed by atoms with van der Waals surface area (Å²) in [5.74, 6) is 2.20. The number of ketones is 1. The van der Waals surface area contributed by atoms with Gasteiger partial charge < -0.3 is 14.2 Å². The van der Waals surface area contributed by atoms with E-state index in [1.54, 1.807) is 50.6 Å². The highest BCUT2D eigenvalue weighted by molar-refractivity contribution is 6.06. The molecule has 4 nitrogen and oxygen atoms in total. The first-order chi connectivity index (χ1) is 15.1. The summed E-state index contributed by atoms with van der Waals surface area (Å²) in [4.78, 5) is 12.5. The molecule has 3 aromatic carbocycles. The van der Waals surface area contributed by atoms with Crippen LogP contribution in [0.2, 0.25) is 0 Å². The number of carbonyl (C=O) groups excluding carboxylic acids is 1. The summed E-state index contributed by atoms with van der Waals surface area (Å²) in [6.45, 7) is 4.16. The van der Waals surface area contributed by atoms with Gasteiger partial charge in [-0.15, -0.1) is 6.58 Å². The Morgan fingerprint density at radius 1 is 0.903 bits per heavy atom. The lowest BCUT2D eigenvalue weighted by Gasteiger charge is -2.13. The van der Waals surface area contributed by atoms with Crippen LogP contribution in [0.4, 0.5) is 0 Å². The van der Waals surface area contributed by atoms with Gasteiger partial charge in [-0.2, -0.15) is 0 Å². The second-order valence-corrected chi connectivity index (χ2v) is 6.89. The Labute approximate surface area is 183 Å². The molecule has 3 rings (SSSR count). The van der Waals surface area contributed by atoms with Gasteiger partial charge in [-0.05, 0) is 66.1 Å². The van der Waals surface area contributed by atoms with Crippen molar-refractivity contribution >= 4 is 11.9 Å². The summed E-state index contributed by atoms with van der Waals surface area (Å²) in [5, 5.41) is 0. The third-order valence-electron chi connectivity index (χ3n) is 4.83. The maximum atomic E-state index is 12.5. The van der Waals surface area contributed by atoms with Gasteiger partial charge >= 0.3 is 0 Å². The lowest BCUT2D eigenvalue weighted by atomic mass is 10.1. The molecule has 0 amide bonds. The van der Waals surface area contributed by atoms with Crippen LogP contribution in [0, 0.1) is 0 Å². The number of ether oxygens (including phenoxy) is 3. The van der Waals surface area contributed by atoms with Crippen molar-refractivity contribution in [1.29, 1.82) is 0 Å². The molecule has 0 atom stereocenters. The minimum atomic E-state index is -0.0744. The molecule has 0 aliphatic carbocycles. The maximum Gasteiger partial charge on any atom is 0.185 e. The van der Waals surface area contributed by atoms with Crippen molar-refractivity contribution < 1.29 is 19.0 Å². The number of hydrogen-bond acceptors (Lipinski definition) is 4. The number of para-hydroxylation sites is 1. The summed E-state index contributed by atoms with van der Waals surface area (Å²) in [7, 11) is 3.23. The monoisotopic (exact) mass is 414 g/mol. The SMILES string of the molecule is C=CCc1ccccc1OCc1cc(/C=C/C(=O)c2ccc(OC)cc2)ccc1OC. The third kappa shape index (κ3) is 5.86. The van der Waals surface area contributed by atoms with Crippen LogP contribution in [0.15, 0.2) is 85.5 Å². The van der Waals surface area contributed by atoms with Crippen LogP contribution in [0.25, 0.3) is 6.08 Å². The number of hydrogen-bond donors (Lipinski definition) is 0. The van der Waals surface area contributed by atoms with Crippen molar-refractivity contribution in [2.75, 3.05) is 14.2 Å². The predicted molar refractivity (Wildman–Crippen MR) is 124 cm³/mol. The van der Waals surface area contributed by atoms with Gasteiger partial charge in [0.25, 0.3) is 0 Å². The van der Waals surface area contributed by atoms with E-state index in [1.165, 1.54) is 0 Å². The second kappa shape index (κ2) is 10.8. The summed E-state index contributed by atoms with van der Waals surface area (Å²) in [5.41, 5.74) is 3.47. The lowest BCUT2D eigenvalue weighted by molar-refractivity contribution is 0.104. The quantitative estimate of drug-likeness (QED) is 0.235. The van der Waals surface area contributed by atoms with E-state index in [9.17, 15) is 4.79 Å². The molecule has 0 saturated heterocycles. The minimum absolute atomic E-state index is 0.0744. The Morgan fingerprint density at radius 2 is 1.68 bits per heavy atom. The van der Waals surface area contributed by atoms with Crippen molar-refractivity contribution in [3.05, 3.63) is 108 Å². The fourth-order valence-electron chi connectivity index (χ4n) is 3.16. The fraction of sp³-hybridized carbons (Fsp3) is 0.148. The Hall–Kier alpha value is -3.79. The predicted octanol–water partition coefficient (Wildman–Crippen LogP) is 5.91. The van der Waals surface area contributed by atoms with E-state index in [2.05, 4.69) is 6.58 Å². The van der Waals surface area contributed by atoms with E-state index in [1.807, 2.05) is 48.5 Å². The average Bonchev–Trinajstić information content (AvgIpc) is 2.82. The van der Waals surface area contributed by atoms with Crippen molar-refractivity contribution in [2.45, 2.75) is 13.0 Å². The van der Waals surface area contributed by atoms with E-state index in [0.717, 1.165) is 40.4 Å². The zero-order chi connectivity index (χ0) is 22.1. The normalized spacial score (nSPS) is 10.6. The Morgan fingerprint density at radius 3 is 2.39 bits per heavy atom. The molecule has 158 valence electrons. The van der Waals surface area contributed by atoms with Crippen molar-refractivity contribution in [1.82, 2.24) is 0 Å². The van der Waals surface area contributed by atoms with Crippen LogP contribution in [0.5, 0.6) is 17.2 Å². The maximum absolute atomic E-state index is 12.5. The van der Waals surface area contributed by atoms with Gasteiger partial charge in [0.1, 0.15) is 23.9 Å². The molecule has 4 heteroatoms. The topological polar surface area (TPSA) is 44.8 Å². The molecule has 0 radical (unpaired) electrons. The number of allylic oxidation sites excluding steroid dienone is 2. The van der Waals surface area contributed by atoms with Crippen LogP contribution in [0.1, 0.15) is 27.0 Å². The smallest absolute Gasteiger partial charge is 0.185 e. The first kappa shape index (κ1) is 21.9. The minimum Gasteiger partial charge on any atom is -0.497 e. The average molecular weight is 415 g/mol. The Kier molecular flexibility index (Phi) is 7.66. The Bertz CT molecular complexity index is 1060. The highest BCUT2D eigenvalue weighted by Crippen LogP contribution is 2.25. The van der Waals surface area contributed by atoms with Gasteiger partial charge in [-0.25, -0.2) is 0 Å². The summed E-state index contributed by atoms with van der Waals surface area (Å²) in [6.07, 6.45) is 5.95. The first-order valence-electron chi connectivity index (χ1n) is 9.99. The lowest BCUT2D eigenvalue weighted by Crippen LogP contribution is -2.01. The third-order valence-corrected chi connectivity index (χ3v) is 4.83. The van der Waals surface area contributed by atoms with Crippen LogP contribution >= 0.6 is 0 Å². The van der Waals surface area contributed by atoms with Gasteiger partial charge in [0.15, 0.2) is 5.78 Å². The van der Waals surface area contributed by atoms with Gasteiger partial charge in [0.2, 0.25) is 0 Å².